The van der Waals surface area contributed by atoms with E-state index in [2.05, 4.69) is 10.0 Å². The zero-order valence-electron chi connectivity index (χ0n) is 11.9. The Kier molecular flexibility index (Phi) is 4.56. The van der Waals surface area contributed by atoms with Gasteiger partial charge in [-0.3, -0.25) is 4.72 Å². The van der Waals surface area contributed by atoms with Crippen molar-refractivity contribution in [3.05, 3.63) is 71.1 Å². The zero-order valence-corrected chi connectivity index (χ0v) is 14.3. The van der Waals surface area contributed by atoms with Gasteiger partial charge < -0.3 is 5.32 Å². The van der Waals surface area contributed by atoms with E-state index in [-0.39, 0.29) is 4.21 Å². The van der Waals surface area contributed by atoms with E-state index in [9.17, 15) is 8.42 Å². The molecule has 0 aliphatic carbocycles. The molecule has 0 aliphatic heterocycles. The molecule has 2 N–H and O–H groups in total. The minimum atomic E-state index is -3.66. The fourth-order valence-corrected chi connectivity index (χ4v) is 4.56. The lowest BCUT2D eigenvalue weighted by Crippen LogP contribution is -2.12. The standard InChI is InChI=1S/C16H13ClN2O2S2/c17-15-10-11-16(22-15)23(20,21)19-14-9-5-4-8-13(14)18-12-6-2-1-3-7-12/h1-11,18-19H. The molecule has 0 radical (unpaired) electrons. The molecular weight excluding hydrogens is 352 g/mol. The quantitative estimate of drug-likeness (QED) is 0.673. The molecule has 0 amide bonds. The first-order valence-corrected chi connectivity index (χ1v) is 9.42. The van der Waals surface area contributed by atoms with Crippen LogP contribution in [0.1, 0.15) is 0 Å². The third-order valence-electron chi connectivity index (χ3n) is 3.04. The number of thiophene rings is 1. The molecule has 0 saturated carbocycles. The van der Waals surface area contributed by atoms with Gasteiger partial charge in [0.15, 0.2) is 0 Å². The fraction of sp³-hybridized carbons (Fsp3) is 0. The molecule has 1 aromatic heterocycles. The van der Waals surface area contributed by atoms with Gasteiger partial charge in [-0.25, -0.2) is 8.42 Å². The summed E-state index contributed by atoms with van der Waals surface area (Å²) in [7, 11) is -3.66. The van der Waals surface area contributed by atoms with Crippen molar-refractivity contribution in [2.75, 3.05) is 10.0 Å². The highest BCUT2D eigenvalue weighted by Crippen LogP contribution is 2.30. The minimum Gasteiger partial charge on any atom is -0.354 e. The van der Waals surface area contributed by atoms with E-state index in [1.165, 1.54) is 6.07 Å². The van der Waals surface area contributed by atoms with Gasteiger partial charge in [0, 0.05) is 5.69 Å². The Hall–Kier alpha value is -2.02. The molecule has 23 heavy (non-hydrogen) atoms. The Morgan fingerprint density at radius 2 is 1.48 bits per heavy atom. The summed E-state index contributed by atoms with van der Waals surface area (Å²) < 4.78 is 28.1. The first-order valence-electron chi connectivity index (χ1n) is 6.74. The summed E-state index contributed by atoms with van der Waals surface area (Å²) in [4.78, 5) is 0. The molecule has 0 aliphatic rings. The summed E-state index contributed by atoms with van der Waals surface area (Å²) in [6.07, 6.45) is 0. The van der Waals surface area contributed by atoms with Crippen LogP contribution in [-0.2, 0) is 10.0 Å². The lowest BCUT2D eigenvalue weighted by atomic mass is 10.2. The molecule has 0 unspecified atom stereocenters. The highest BCUT2D eigenvalue weighted by atomic mass is 35.5. The van der Waals surface area contributed by atoms with Crippen LogP contribution in [0.2, 0.25) is 4.34 Å². The molecule has 3 aromatic rings. The number of rotatable bonds is 5. The third kappa shape index (κ3) is 3.85. The smallest absolute Gasteiger partial charge is 0.271 e. The Balaban J connectivity index is 1.89. The molecule has 0 fully saturated rings. The summed E-state index contributed by atoms with van der Waals surface area (Å²) in [6.45, 7) is 0. The van der Waals surface area contributed by atoms with Crippen LogP contribution >= 0.6 is 22.9 Å². The van der Waals surface area contributed by atoms with Crippen LogP contribution in [0, 0.1) is 0 Å². The number of sulfonamides is 1. The monoisotopic (exact) mass is 364 g/mol. The predicted molar refractivity (Wildman–Crippen MR) is 96.3 cm³/mol. The van der Waals surface area contributed by atoms with E-state index in [0.717, 1.165) is 17.0 Å². The van der Waals surface area contributed by atoms with Gasteiger partial charge >= 0.3 is 0 Å². The van der Waals surface area contributed by atoms with Crippen molar-refractivity contribution < 1.29 is 8.42 Å². The molecule has 0 atom stereocenters. The maximum absolute atomic E-state index is 12.4. The molecule has 1 heterocycles. The largest absolute Gasteiger partial charge is 0.354 e. The van der Waals surface area contributed by atoms with E-state index >= 15 is 0 Å². The zero-order chi connectivity index (χ0) is 16.3. The van der Waals surface area contributed by atoms with Crippen LogP contribution in [0.4, 0.5) is 17.1 Å². The summed E-state index contributed by atoms with van der Waals surface area (Å²) >= 11 is 6.84. The lowest BCUT2D eigenvalue weighted by Gasteiger charge is -2.13. The van der Waals surface area contributed by atoms with Gasteiger partial charge in [-0.1, -0.05) is 41.9 Å². The number of hydrogen-bond donors (Lipinski definition) is 2. The summed E-state index contributed by atoms with van der Waals surface area (Å²) in [5.74, 6) is 0. The molecule has 0 spiro atoms. The van der Waals surface area contributed by atoms with Crippen LogP contribution in [0.3, 0.4) is 0 Å². The minimum absolute atomic E-state index is 0.178. The number of halogens is 1. The maximum Gasteiger partial charge on any atom is 0.271 e. The average molecular weight is 365 g/mol. The molecule has 3 rings (SSSR count). The van der Waals surface area contributed by atoms with E-state index in [1.807, 2.05) is 42.5 Å². The van der Waals surface area contributed by atoms with Gasteiger partial charge in [-0.05, 0) is 36.4 Å². The number of para-hydroxylation sites is 3. The second-order valence-corrected chi connectivity index (χ2v) is 8.32. The van der Waals surface area contributed by atoms with Gasteiger partial charge in [-0.15, -0.1) is 11.3 Å². The van der Waals surface area contributed by atoms with Crippen molar-refractivity contribution in [1.29, 1.82) is 0 Å². The van der Waals surface area contributed by atoms with Crippen molar-refractivity contribution in [1.82, 2.24) is 0 Å². The van der Waals surface area contributed by atoms with Crippen molar-refractivity contribution in [3.8, 4) is 0 Å². The van der Waals surface area contributed by atoms with Gasteiger partial charge in [0.05, 0.1) is 15.7 Å². The summed E-state index contributed by atoms with van der Waals surface area (Å²) in [5.41, 5.74) is 2.02. The fourth-order valence-electron chi connectivity index (χ4n) is 2.00. The van der Waals surface area contributed by atoms with Crippen LogP contribution in [-0.4, -0.2) is 8.42 Å². The number of nitrogens with one attached hydrogen (secondary N) is 2. The maximum atomic E-state index is 12.4. The molecule has 0 bridgehead atoms. The first-order chi connectivity index (χ1) is 11.0. The van der Waals surface area contributed by atoms with E-state index in [1.54, 1.807) is 18.2 Å². The Morgan fingerprint density at radius 1 is 0.826 bits per heavy atom. The molecular formula is C16H13ClN2O2S2. The van der Waals surface area contributed by atoms with E-state index in [0.29, 0.717) is 15.7 Å². The van der Waals surface area contributed by atoms with Gasteiger partial charge in [0.1, 0.15) is 4.21 Å². The topological polar surface area (TPSA) is 58.2 Å². The van der Waals surface area contributed by atoms with Crippen LogP contribution in [0.25, 0.3) is 0 Å². The molecule has 118 valence electrons. The normalized spacial score (nSPS) is 11.2. The average Bonchev–Trinajstić information content (AvgIpc) is 2.98. The summed E-state index contributed by atoms with van der Waals surface area (Å²) in [5, 5.41) is 3.20. The number of anilines is 3. The second kappa shape index (κ2) is 6.62. The molecule has 0 saturated heterocycles. The van der Waals surface area contributed by atoms with Gasteiger partial charge in [-0.2, -0.15) is 0 Å². The van der Waals surface area contributed by atoms with E-state index < -0.39 is 10.0 Å². The van der Waals surface area contributed by atoms with Crippen molar-refractivity contribution in [2.24, 2.45) is 0 Å². The predicted octanol–water partition coefficient (Wildman–Crippen LogP) is 4.95. The third-order valence-corrected chi connectivity index (χ3v) is 6.13. The van der Waals surface area contributed by atoms with Crippen LogP contribution in [0.15, 0.2) is 70.9 Å². The first kappa shape index (κ1) is 15.9. The molecule has 2 aromatic carbocycles. The Morgan fingerprint density at radius 3 is 2.13 bits per heavy atom. The van der Waals surface area contributed by atoms with E-state index in [4.69, 9.17) is 11.6 Å². The van der Waals surface area contributed by atoms with Gasteiger partial charge in [0.25, 0.3) is 10.0 Å². The highest BCUT2D eigenvalue weighted by Gasteiger charge is 2.18. The van der Waals surface area contributed by atoms with Crippen molar-refractivity contribution in [3.63, 3.8) is 0 Å². The number of benzene rings is 2. The molecule has 4 nitrogen and oxygen atoms in total. The Labute approximate surface area is 143 Å². The van der Waals surface area contributed by atoms with Gasteiger partial charge in [0.2, 0.25) is 0 Å². The Bertz CT molecular complexity index is 909. The number of hydrogen-bond acceptors (Lipinski definition) is 4. The van der Waals surface area contributed by atoms with Crippen LogP contribution in [0.5, 0.6) is 0 Å². The lowest BCUT2D eigenvalue weighted by molar-refractivity contribution is 0.603. The highest BCUT2D eigenvalue weighted by molar-refractivity contribution is 7.94. The van der Waals surface area contributed by atoms with Crippen molar-refractivity contribution >= 4 is 50.0 Å². The second-order valence-electron chi connectivity index (χ2n) is 4.70. The summed E-state index contributed by atoms with van der Waals surface area (Å²) in [6, 6.07) is 19.7. The SMILES string of the molecule is O=S(=O)(Nc1ccccc1Nc1ccccc1)c1ccc(Cl)s1. The molecule has 7 heteroatoms. The van der Waals surface area contributed by atoms with Crippen molar-refractivity contribution in [2.45, 2.75) is 4.21 Å². The van der Waals surface area contributed by atoms with Crippen LogP contribution < -0.4 is 10.0 Å².